The summed E-state index contributed by atoms with van der Waals surface area (Å²) in [5, 5.41) is 14.2. The van der Waals surface area contributed by atoms with Crippen LogP contribution in [0.25, 0.3) is 5.69 Å². The Bertz CT molecular complexity index is 1130. The number of hydrogen-bond acceptors (Lipinski definition) is 6. The third-order valence-electron chi connectivity index (χ3n) is 4.17. The number of anilines is 1. The number of tetrazole rings is 1. The maximum Gasteiger partial charge on any atom is 0.262 e. The van der Waals surface area contributed by atoms with Gasteiger partial charge < -0.3 is 14.8 Å². The highest BCUT2D eigenvalue weighted by Gasteiger charge is 2.08. The molecule has 1 heterocycles. The molecule has 1 aromatic heterocycles. The van der Waals surface area contributed by atoms with Crippen molar-refractivity contribution in [2.45, 2.75) is 6.92 Å². The third-order valence-corrected chi connectivity index (χ3v) is 4.17. The fourth-order valence-electron chi connectivity index (χ4n) is 2.76. The molecule has 4 aromatic rings. The average Bonchev–Trinajstić information content (AvgIpc) is 3.20. The molecular formula is C22H19N5O3. The first kappa shape index (κ1) is 19.1. The Labute approximate surface area is 173 Å². The van der Waals surface area contributed by atoms with Crippen molar-refractivity contribution in [2.75, 3.05) is 11.9 Å². The Morgan fingerprint density at radius 3 is 2.40 bits per heavy atom. The standard InChI is InChI=1S/C22H19N5O3/c1-16-24-25-26-27(16)18-7-5-6-17(14-18)23-22(28)15-29-19-10-12-21(13-11-19)30-20-8-3-2-4-9-20/h2-14H,15H2,1H3,(H,23,28). The third kappa shape index (κ3) is 4.79. The summed E-state index contributed by atoms with van der Waals surface area (Å²) in [7, 11) is 0. The van der Waals surface area contributed by atoms with Gasteiger partial charge in [0.25, 0.3) is 5.91 Å². The first-order valence-electron chi connectivity index (χ1n) is 9.28. The van der Waals surface area contributed by atoms with Crippen molar-refractivity contribution < 1.29 is 14.3 Å². The largest absolute Gasteiger partial charge is 0.484 e. The van der Waals surface area contributed by atoms with Crippen LogP contribution in [0.3, 0.4) is 0 Å². The molecule has 0 aliphatic rings. The van der Waals surface area contributed by atoms with E-state index in [0.717, 1.165) is 11.4 Å². The van der Waals surface area contributed by atoms with Crippen LogP contribution < -0.4 is 14.8 Å². The van der Waals surface area contributed by atoms with Crippen LogP contribution >= 0.6 is 0 Å². The SMILES string of the molecule is Cc1nnnn1-c1cccc(NC(=O)COc2ccc(Oc3ccccc3)cc2)c1. The molecule has 0 spiro atoms. The number of carbonyl (C=O) groups is 1. The van der Waals surface area contributed by atoms with E-state index in [9.17, 15) is 4.79 Å². The number of aromatic nitrogens is 4. The smallest absolute Gasteiger partial charge is 0.262 e. The maximum atomic E-state index is 12.3. The lowest BCUT2D eigenvalue weighted by Gasteiger charge is -2.10. The highest BCUT2D eigenvalue weighted by Crippen LogP contribution is 2.23. The number of ether oxygens (including phenoxy) is 2. The van der Waals surface area contributed by atoms with Gasteiger partial charge in [-0.3, -0.25) is 4.79 Å². The summed E-state index contributed by atoms with van der Waals surface area (Å²) < 4.78 is 12.9. The summed E-state index contributed by atoms with van der Waals surface area (Å²) in [4.78, 5) is 12.3. The second kappa shape index (κ2) is 8.87. The van der Waals surface area contributed by atoms with Gasteiger partial charge in [0.15, 0.2) is 12.4 Å². The molecule has 8 heteroatoms. The average molecular weight is 401 g/mol. The van der Waals surface area contributed by atoms with Crippen LogP contribution in [-0.2, 0) is 4.79 Å². The molecule has 0 fully saturated rings. The van der Waals surface area contributed by atoms with Crippen molar-refractivity contribution in [3.63, 3.8) is 0 Å². The highest BCUT2D eigenvalue weighted by atomic mass is 16.5. The fourth-order valence-corrected chi connectivity index (χ4v) is 2.76. The molecule has 1 amide bonds. The molecular weight excluding hydrogens is 382 g/mol. The van der Waals surface area contributed by atoms with E-state index in [1.54, 1.807) is 48.0 Å². The lowest BCUT2D eigenvalue weighted by Crippen LogP contribution is -2.20. The van der Waals surface area contributed by atoms with Gasteiger partial charge in [-0.15, -0.1) is 5.10 Å². The molecule has 0 atom stereocenters. The summed E-state index contributed by atoms with van der Waals surface area (Å²) in [5.74, 6) is 2.40. The summed E-state index contributed by atoms with van der Waals surface area (Å²) >= 11 is 0. The van der Waals surface area contributed by atoms with Crippen molar-refractivity contribution in [1.29, 1.82) is 0 Å². The van der Waals surface area contributed by atoms with Gasteiger partial charge in [-0.25, -0.2) is 0 Å². The maximum absolute atomic E-state index is 12.3. The molecule has 0 aliphatic heterocycles. The van der Waals surface area contributed by atoms with Crippen LogP contribution in [-0.4, -0.2) is 32.7 Å². The molecule has 30 heavy (non-hydrogen) atoms. The normalized spacial score (nSPS) is 10.4. The van der Waals surface area contributed by atoms with E-state index in [1.807, 2.05) is 42.5 Å². The van der Waals surface area contributed by atoms with Gasteiger partial charge in [0.2, 0.25) is 0 Å². The number of para-hydroxylation sites is 1. The Balaban J connectivity index is 1.31. The molecule has 0 bridgehead atoms. The summed E-state index contributed by atoms with van der Waals surface area (Å²) in [6, 6.07) is 23.8. The molecule has 0 unspecified atom stereocenters. The Morgan fingerprint density at radius 2 is 1.67 bits per heavy atom. The predicted molar refractivity (Wildman–Crippen MR) is 111 cm³/mol. The summed E-state index contributed by atoms with van der Waals surface area (Å²) in [6.45, 7) is 1.68. The molecule has 3 aromatic carbocycles. The number of hydrogen-bond donors (Lipinski definition) is 1. The van der Waals surface area contributed by atoms with Gasteiger partial charge in [0, 0.05) is 5.69 Å². The van der Waals surface area contributed by atoms with Crippen LogP contribution in [0.4, 0.5) is 5.69 Å². The lowest BCUT2D eigenvalue weighted by atomic mass is 10.2. The van der Waals surface area contributed by atoms with E-state index in [-0.39, 0.29) is 12.5 Å². The lowest BCUT2D eigenvalue weighted by molar-refractivity contribution is -0.118. The highest BCUT2D eigenvalue weighted by molar-refractivity contribution is 5.92. The number of amides is 1. The molecule has 8 nitrogen and oxygen atoms in total. The van der Waals surface area contributed by atoms with Crippen LogP contribution in [0.2, 0.25) is 0 Å². The Morgan fingerprint density at radius 1 is 0.933 bits per heavy atom. The van der Waals surface area contributed by atoms with Gasteiger partial charge >= 0.3 is 0 Å². The predicted octanol–water partition coefficient (Wildman–Crippen LogP) is 3.78. The minimum absolute atomic E-state index is 0.118. The zero-order valence-corrected chi connectivity index (χ0v) is 16.2. The van der Waals surface area contributed by atoms with Crippen molar-refractivity contribution in [1.82, 2.24) is 20.2 Å². The van der Waals surface area contributed by atoms with Crippen LogP contribution in [0.5, 0.6) is 17.2 Å². The van der Waals surface area contributed by atoms with E-state index in [1.165, 1.54) is 0 Å². The van der Waals surface area contributed by atoms with Crippen molar-refractivity contribution in [3.05, 3.63) is 84.7 Å². The minimum Gasteiger partial charge on any atom is -0.484 e. The molecule has 0 saturated carbocycles. The number of aryl methyl sites for hydroxylation is 1. The summed E-state index contributed by atoms with van der Waals surface area (Å²) in [5.41, 5.74) is 1.38. The van der Waals surface area contributed by atoms with Crippen LogP contribution in [0.1, 0.15) is 5.82 Å². The molecule has 0 saturated heterocycles. The first-order valence-corrected chi connectivity index (χ1v) is 9.28. The summed E-state index contributed by atoms with van der Waals surface area (Å²) in [6.07, 6.45) is 0. The number of nitrogens with zero attached hydrogens (tertiary/aromatic N) is 4. The van der Waals surface area contributed by atoms with Crippen LogP contribution in [0.15, 0.2) is 78.9 Å². The van der Waals surface area contributed by atoms with Crippen LogP contribution in [0, 0.1) is 6.92 Å². The molecule has 1 N–H and O–H groups in total. The molecule has 150 valence electrons. The van der Waals surface area contributed by atoms with Gasteiger partial charge in [-0.2, -0.15) is 4.68 Å². The van der Waals surface area contributed by atoms with Gasteiger partial charge in [-0.05, 0) is 71.9 Å². The van der Waals surface area contributed by atoms with E-state index < -0.39 is 0 Å². The quantitative estimate of drug-likeness (QED) is 0.507. The molecule has 0 aliphatic carbocycles. The van der Waals surface area contributed by atoms with Gasteiger partial charge in [0.05, 0.1) is 5.69 Å². The van der Waals surface area contributed by atoms with Crippen molar-refractivity contribution in [3.8, 4) is 22.9 Å². The monoisotopic (exact) mass is 401 g/mol. The number of benzene rings is 3. The van der Waals surface area contributed by atoms with Crippen molar-refractivity contribution in [2.24, 2.45) is 0 Å². The molecule has 4 rings (SSSR count). The second-order valence-corrected chi connectivity index (χ2v) is 6.41. The number of carbonyl (C=O) groups excluding carboxylic acids is 1. The second-order valence-electron chi connectivity index (χ2n) is 6.41. The topological polar surface area (TPSA) is 91.2 Å². The molecule has 0 radical (unpaired) electrons. The minimum atomic E-state index is -0.273. The van der Waals surface area contributed by atoms with Gasteiger partial charge in [0.1, 0.15) is 17.2 Å². The van der Waals surface area contributed by atoms with Crippen molar-refractivity contribution >= 4 is 11.6 Å². The first-order chi connectivity index (χ1) is 14.7. The Hall–Kier alpha value is -4.20. The van der Waals surface area contributed by atoms with E-state index in [2.05, 4.69) is 20.8 Å². The zero-order chi connectivity index (χ0) is 20.8. The van der Waals surface area contributed by atoms with E-state index >= 15 is 0 Å². The fraction of sp³-hybridized carbons (Fsp3) is 0.0909. The Kier molecular flexibility index (Phi) is 5.66. The number of rotatable bonds is 7. The zero-order valence-electron chi connectivity index (χ0n) is 16.2. The van der Waals surface area contributed by atoms with E-state index in [4.69, 9.17) is 9.47 Å². The van der Waals surface area contributed by atoms with E-state index in [0.29, 0.717) is 23.0 Å². The number of nitrogens with one attached hydrogen (secondary N) is 1. The van der Waals surface area contributed by atoms with Gasteiger partial charge in [-0.1, -0.05) is 24.3 Å².